The molecule has 0 amide bonds. The Morgan fingerprint density at radius 1 is 1.21 bits per heavy atom. The van der Waals surface area contributed by atoms with Gasteiger partial charge in [0.25, 0.3) is 0 Å². The molecule has 1 heteroatoms. The van der Waals surface area contributed by atoms with Gasteiger partial charge in [0.2, 0.25) is 0 Å². The Morgan fingerprint density at radius 2 is 1.93 bits per heavy atom. The lowest BCUT2D eigenvalue weighted by atomic mass is 10.0. The van der Waals surface area contributed by atoms with Crippen molar-refractivity contribution in [3.8, 4) is 0 Å². The number of aliphatic hydroxyl groups is 1. The van der Waals surface area contributed by atoms with E-state index >= 15 is 0 Å². The van der Waals surface area contributed by atoms with Crippen LogP contribution in [0.4, 0.5) is 0 Å². The molecule has 82 valence electrons. The second-order valence-corrected chi connectivity index (χ2v) is 4.46. The molecule has 0 saturated heterocycles. The summed E-state index contributed by atoms with van der Waals surface area (Å²) in [6.45, 7) is 2.23. The van der Waals surface area contributed by atoms with Crippen molar-refractivity contribution in [2.75, 3.05) is 0 Å². The number of allylic oxidation sites excluding steroid dienone is 2. The first-order chi connectivity index (χ1) is 6.84. The van der Waals surface area contributed by atoms with Crippen molar-refractivity contribution in [3.63, 3.8) is 0 Å². The van der Waals surface area contributed by atoms with Crippen LogP contribution >= 0.6 is 0 Å². The normalized spacial score (nSPS) is 19.1. The van der Waals surface area contributed by atoms with Crippen LogP contribution in [0.2, 0.25) is 0 Å². The van der Waals surface area contributed by atoms with Gasteiger partial charge in [-0.2, -0.15) is 0 Å². The summed E-state index contributed by atoms with van der Waals surface area (Å²) in [6, 6.07) is 0. The van der Waals surface area contributed by atoms with Crippen LogP contribution in [-0.2, 0) is 0 Å². The molecule has 1 saturated carbocycles. The van der Waals surface area contributed by atoms with Gasteiger partial charge in [0.1, 0.15) is 0 Å². The summed E-state index contributed by atoms with van der Waals surface area (Å²) < 4.78 is 0. The molecule has 0 unspecified atom stereocenters. The van der Waals surface area contributed by atoms with Gasteiger partial charge < -0.3 is 5.11 Å². The second-order valence-electron chi connectivity index (χ2n) is 4.46. The first kappa shape index (κ1) is 11.6. The van der Waals surface area contributed by atoms with Gasteiger partial charge in [0, 0.05) is 5.92 Å². The van der Waals surface area contributed by atoms with E-state index in [0.29, 0.717) is 11.7 Å². The molecule has 0 aromatic carbocycles. The van der Waals surface area contributed by atoms with Gasteiger partial charge in [-0.25, -0.2) is 0 Å². The molecule has 0 aromatic rings. The fraction of sp³-hybridized carbons (Fsp3) is 0.846. The molecular weight excluding hydrogens is 172 g/mol. The van der Waals surface area contributed by atoms with E-state index in [-0.39, 0.29) is 0 Å². The van der Waals surface area contributed by atoms with E-state index in [4.69, 9.17) is 0 Å². The van der Waals surface area contributed by atoms with Gasteiger partial charge in [-0.1, -0.05) is 39.0 Å². The summed E-state index contributed by atoms with van der Waals surface area (Å²) in [6.07, 6.45) is 13.3. The highest BCUT2D eigenvalue weighted by Gasteiger charge is 2.17. The number of rotatable bonds is 6. The fourth-order valence-corrected chi connectivity index (χ4v) is 2.21. The van der Waals surface area contributed by atoms with Crippen molar-refractivity contribution in [1.82, 2.24) is 0 Å². The standard InChI is InChI=1S/C13H24O/c1-2-3-4-5-6-11-13(14)12-9-7-8-10-12/h11-12,14H,2-10H2,1H3. The predicted molar refractivity (Wildman–Crippen MR) is 61.4 cm³/mol. The van der Waals surface area contributed by atoms with Crippen LogP contribution in [-0.4, -0.2) is 5.11 Å². The van der Waals surface area contributed by atoms with Crippen LogP contribution in [0.1, 0.15) is 64.7 Å². The molecule has 0 heterocycles. The molecule has 0 spiro atoms. The molecule has 1 rings (SSSR count). The molecule has 1 aliphatic rings. The zero-order valence-corrected chi connectivity index (χ0v) is 9.47. The molecule has 0 aliphatic heterocycles. The van der Waals surface area contributed by atoms with Crippen LogP contribution in [0, 0.1) is 5.92 Å². The molecule has 0 atom stereocenters. The summed E-state index contributed by atoms with van der Waals surface area (Å²) in [4.78, 5) is 0. The molecule has 1 nitrogen and oxygen atoms in total. The van der Waals surface area contributed by atoms with Gasteiger partial charge >= 0.3 is 0 Å². The summed E-state index contributed by atoms with van der Waals surface area (Å²) >= 11 is 0. The smallest absolute Gasteiger partial charge is 0.0913 e. The molecular formula is C13H24O. The van der Waals surface area contributed by atoms with E-state index in [2.05, 4.69) is 13.0 Å². The Bertz CT molecular complexity index is 166. The largest absolute Gasteiger partial charge is 0.512 e. The predicted octanol–water partition coefficient (Wildman–Crippen LogP) is 4.59. The Labute approximate surface area is 88.2 Å². The van der Waals surface area contributed by atoms with Gasteiger partial charge in [-0.15, -0.1) is 0 Å². The van der Waals surface area contributed by atoms with Crippen molar-refractivity contribution in [3.05, 3.63) is 11.8 Å². The van der Waals surface area contributed by atoms with Gasteiger partial charge in [-0.3, -0.25) is 0 Å². The minimum atomic E-state index is 0.501. The van der Waals surface area contributed by atoms with Crippen LogP contribution < -0.4 is 0 Å². The van der Waals surface area contributed by atoms with Crippen LogP contribution in [0.3, 0.4) is 0 Å². The summed E-state index contributed by atoms with van der Waals surface area (Å²) in [5.41, 5.74) is 0. The maximum absolute atomic E-state index is 9.77. The molecule has 0 bridgehead atoms. The third-order valence-electron chi connectivity index (χ3n) is 3.18. The maximum atomic E-state index is 9.77. The lowest BCUT2D eigenvalue weighted by Gasteiger charge is -2.07. The van der Waals surface area contributed by atoms with E-state index in [1.165, 1.54) is 51.4 Å². The zero-order chi connectivity index (χ0) is 10.2. The molecule has 1 N–H and O–H groups in total. The Balaban J connectivity index is 2.09. The van der Waals surface area contributed by atoms with E-state index < -0.39 is 0 Å². The highest BCUT2D eigenvalue weighted by molar-refractivity contribution is 4.98. The highest BCUT2D eigenvalue weighted by Crippen LogP contribution is 2.29. The minimum Gasteiger partial charge on any atom is -0.512 e. The zero-order valence-electron chi connectivity index (χ0n) is 9.47. The highest BCUT2D eigenvalue weighted by atomic mass is 16.3. The van der Waals surface area contributed by atoms with Crippen molar-refractivity contribution in [2.45, 2.75) is 64.7 Å². The first-order valence-electron chi connectivity index (χ1n) is 6.23. The number of hydrogen-bond acceptors (Lipinski definition) is 1. The van der Waals surface area contributed by atoms with E-state index in [1.807, 2.05) is 0 Å². The average molecular weight is 196 g/mol. The Morgan fingerprint density at radius 3 is 2.57 bits per heavy atom. The lowest BCUT2D eigenvalue weighted by Crippen LogP contribution is -1.97. The fourth-order valence-electron chi connectivity index (χ4n) is 2.21. The van der Waals surface area contributed by atoms with Crippen LogP contribution in [0.5, 0.6) is 0 Å². The summed E-state index contributed by atoms with van der Waals surface area (Å²) in [5, 5.41) is 9.77. The van der Waals surface area contributed by atoms with Crippen LogP contribution in [0.25, 0.3) is 0 Å². The van der Waals surface area contributed by atoms with Gasteiger partial charge in [-0.05, 0) is 31.8 Å². The molecule has 0 aromatic heterocycles. The lowest BCUT2D eigenvalue weighted by molar-refractivity contribution is 0.329. The SMILES string of the molecule is CCCCCCC=C(O)C1CCCC1. The summed E-state index contributed by atoms with van der Waals surface area (Å²) in [5.74, 6) is 1.18. The van der Waals surface area contributed by atoms with Crippen molar-refractivity contribution >= 4 is 0 Å². The van der Waals surface area contributed by atoms with Crippen LogP contribution in [0.15, 0.2) is 11.8 Å². The Hall–Kier alpha value is -0.460. The van der Waals surface area contributed by atoms with Crippen molar-refractivity contribution < 1.29 is 5.11 Å². The maximum Gasteiger partial charge on any atom is 0.0913 e. The summed E-state index contributed by atoms with van der Waals surface area (Å²) in [7, 11) is 0. The third-order valence-corrected chi connectivity index (χ3v) is 3.18. The van der Waals surface area contributed by atoms with Crippen molar-refractivity contribution in [1.29, 1.82) is 0 Å². The van der Waals surface area contributed by atoms with E-state index in [9.17, 15) is 5.11 Å². The van der Waals surface area contributed by atoms with Crippen molar-refractivity contribution in [2.24, 2.45) is 5.92 Å². The molecule has 0 radical (unpaired) electrons. The molecule has 1 aliphatic carbocycles. The Kier molecular flexibility index (Phi) is 5.74. The monoisotopic (exact) mass is 196 g/mol. The number of unbranched alkanes of at least 4 members (excludes halogenated alkanes) is 4. The molecule has 1 fully saturated rings. The first-order valence-corrected chi connectivity index (χ1v) is 6.23. The molecule has 14 heavy (non-hydrogen) atoms. The topological polar surface area (TPSA) is 20.2 Å². The van der Waals surface area contributed by atoms with E-state index in [0.717, 1.165) is 6.42 Å². The van der Waals surface area contributed by atoms with Gasteiger partial charge in [0.05, 0.1) is 5.76 Å². The third kappa shape index (κ3) is 4.17. The quantitative estimate of drug-likeness (QED) is 0.486. The van der Waals surface area contributed by atoms with E-state index in [1.54, 1.807) is 0 Å². The number of aliphatic hydroxyl groups excluding tert-OH is 1. The average Bonchev–Trinajstić information content (AvgIpc) is 2.70. The minimum absolute atomic E-state index is 0.501. The number of hydrogen-bond donors (Lipinski definition) is 1. The second kappa shape index (κ2) is 6.92. The van der Waals surface area contributed by atoms with Gasteiger partial charge in [0.15, 0.2) is 0 Å².